The molecular weight excluding hydrogens is 410 g/mol. The highest BCUT2D eigenvalue weighted by atomic mass is 16.3. The van der Waals surface area contributed by atoms with Gasteiger partial charge in [0.25, 0.3) is 0 Å². The molecule has 0 aromatic heterocycles. The van der Waals surface area contributed by atoms with E-state index in [-0.39, 0.29) is 39.1 Å². The molecule has 4 N–H and O–H groups in total. The topological polar surface area (TPSA) is 83.6 Å². The molecule has 4 aliphatic carbocycles. The summed E-state index contributed by atoms with van der Waals surface area (Å²) in [6.45, 7) is 13.6. The number of carbonyl (C=O) groups is 1. The lowest BCUT2D eigenvalue weighted by Gasteiger charge is -2.69. The number of nitrogens with two attached hydrogens (primary N) is 1. The highest BCUT2D eigenvalue weighted by molar-refractivity contribution is 5.80. The first-order chi connectivity index (χ1) is 15.2. The number of hydrogen-bond donors (Lipinski definition) is 3. The Balaban J connectivity index is 1.82. The predicted octanol–water partition coefficient (Wildman–Crippen LogP) is 7.05. The number of aliphatic hydroxyl groups is 2. The fourth-order valence-corrected chi connectivity index (χ4v) is 8.06. The van der Waals surface area contributed by atoms with Crippen LogP contribution in [0.3, 0.4) is 0 Å². The van der Waals surface area contributed by atoms with Crippen molar-refractivity contribution in [3.8, 4) is 0 Å². The molecule has 0 aliphatic heterocycles. The van der Waals surface area contributed by atoms with Gasteiger partial charge >= 0.3 is 0 Å². The molecule has 33 heavy (non-hydrogen) atoms. The van der Waals surface area contributed by atoms with Crippen molar-refractivity contribution in [2.45, 2.75) is 92.9 Å². The molecule has 0 saturated heterocycles. The number of carbonyl (C=O) groups excluding carboxylic acids is 1. The molecule has 0 spiro atoms. The highest BCUT2D eigenvalue weighted by Gasteiger charge is 2.65. The summed E-state index contributed by atoms with van der Waals surface area (Å²) >= 11 is 0. The largest absolute Gasteiger partial charge is 0.504 e. The minimum absolute atomic E-state index is 0.00721. The van der Waals surface area contributed by atoms with Crippen molar-refractivity contribution in [1.29, 1.82) is 0 Å². The fraction of sp³-hybridized carbons (Fsp3) is 0.690. The van der Waals surface area contributed by atoms with Crippen molar-refractivity contribution < 1.29 is 15.0 Å². The van der Waals surface area contributed by atoms with Gasteiger partial charge in [0.1, 0.15) is 0 Å². The predicted molar refractivity (Wildman–Crippen MR) is 133 cm³/mol. The lowest BCUT2D eigenvalue weighted by molar-refractivity contribution is -0.167. The lowest BCUT2D eigenvalue weighted by Crippen LogP contribution is -2.61. The summed E-state index contributed by atoms with van der Waals surface area (Å²) in [5.74, 6) is 0.185. The van der Waals surface area contributed by atoms with E-state index in [0.29, 0.717) is 11.5 Å². The van der Waals surface area contributed by atoms with Crippen LogP contribution in [-0.2, 0) is 4.79 Å². The summed E-state index contributed by atoms with van der Waals surface area (Å²) in [6, 6.07) is 0. The van der Waals surface area contributed by atoms with Gasteiger partial charge in [-0.3, -0.25) is 4.79 Å². The quantitative estimate of drug-likeness (QED) is 0.372. The first-order valence-corrected chi connectivity index (χ1v) is 12.7. The molecule has 4 nitrogen and oxygen atoms in total. The normalized spacial score (nSPS) is 48.4. The zero-order valence-corrected chi connectivity index (χ0v) is 21.4. The summed E-state index contributed by atoms with van der Waals surface area (Å²) in [5, 5.41) is 20.8. The van der Waals surface area contributed by atoms with Crippen LogP contribution in [0, 0.1) is 33.0 Å². The van der Waals surface area contributed by atoms with Gasteiger partial charge in [-0.2, -0.15) is 0 Å². The molecule has 0 unspecified atom stereocenters. The fourth-order valence-electron chi connectivity index (χ4n) is 8.06. The average molecular weight is 454 g/mol. The van der Waals surface area contributed by atoms with E-state index in [1.165, 1.54) is 5.57 Å². The Hall–Kier alpha value is -1.97. The number of rotatable bonds is 1. The van der Waals surface area contributed by atoms with Crippen molar-refractivity contribution in [1.82, 2.24) is 0 Å². The van der Waals surface area contributed by atoms with Crippen molar-refractivity contribution in [2.24, 2.45) is 38.7 Å². The molecule has 0 aromatic rings. The lowest BCUT2D eigenvalue weighted by atomic mass is 9.35. The Morgan fingerprint density at radius 1 is 0.970 bits per heavy atom. The van der Waals surface area contributed by atoms with Crippen LogP contribution in [0.25, 0.3) is 0 Å². The molecule has 0 radical (unpaired) electrons. The molecule has 182 valence electrons. The Labute approximate surface area is 199 Å². The zero-order valence-electron chi connectivity index (χ0n) is 21.4. The highest BCUT2D eigenvalue weighted by Crippen LogP contribution is 2.74. The summed E-state index contributed by atoms with van der Waals surface area (Å²) in [6.07, 6.45) is 16.1. The molecule has 4 aliphatic rings. The van der Waals surface area contributed by atoms with Gasteiger partial charge in [-0.05, 0) is 92.1 Å². The second kappa shape index (κ2) is 7.52. The molecule has 1 amide bonds. The van der Waals surface area contributed by atoms with E-state index >= 15 is 0 Å². The maximum atomic E-state index is 12.5. The SMILES string of the molecule is CC1=CC/C=C2\[C@](C)(/C=C\C(O)=C1O)CC[C@@]1(C)[C@@H]3C[C@](C)(C(N)=O)CC[C@]3(C)CC[C@]21C. The van der Waals surface area contributed by atoms with Gasteiger partial charge in [0.15, 0.2) is 11.5 Å². The molecule has 0 heterocycles. The van der Waals surface area contributed by atoms with E-state index in [1.54, 1.807) is 6.08 Å². The Bertz CT molecular complexity index is 989. The van der Waals surface area contributed by atoms with Gasteiger partial charge in [0.2, 0.25) is 5.91 Å². The summed E-state index contributed by atoms with van der Waals surface area (Å²) in [7, 11) is 0. The van der Waals surface area contributed by atoms with E-state index in [4.69, 9.17) is 5.73 Å². The zero-order chi connectivity index (χ0) is 24.4. The van der Waals surface area contributed by atoms with Crippen LogP contribution in [0.2, 0.25) is 0 Å². The van der Waals surface area contributed by atoms with Crippen LogP contribution in [0.5, 0.6) is 0 Å². The molecule has 3 fully saturated rings. The van der Waals surface area contributed by atoms with Crippen molar-refractivity contribution in [3.63, 3.8) is 0 Å². The first kappa shape index (κ1) is 24.2. The van der Waals surface area contributed by atoms with E-state index in [0.717, 1.165) is 51.4 Å². The summed E-state index contributed by atoms with van der Waals surface area (Å²) in [5.41, 5.74) is 7.77. The van der Waals surface area contributed by atoms with E-state index < -0.39 is 5.41 Å². The number of allylic oxidation sites excluding steroid dienone is 6. The van der Waals surface area contributed by atoms with Crippen LogP contribution in [0.4, 0.5) is 0 Å². The number of amides is 1. The minimum atomic E-state index is -0.426. The maximum absolute atomic E-state index is 12.5. The van der Waals surface area contributed by atoms with Crippen LogP contribution in [0.1, 0.15) is 92.9 Å². The average Bonchev–Trinajstić information content (AvgIpc) is 2.76. The van der Waals surface area contributed by atoms with Gasteiger partial charge in [-0.25, -0.2) is 0 Å². The molecule has 3 saturated carbocycles. The van der Waals surface area contributed by atoms with Crippen molar-refractivity contribution >= 4 is 5.91 Å². The van der Waals surface area contributed by atoms with Gasteiger partial charge < -0.3 is 15.9 Å². The Kier molecular flexibility index (Phi) is 5.50. The standard InChI is InChI=1S/C29H43NO3/c1-19-8-7-9-21-25(2,11-10-20(31)23(19)32)14-17-29(6)22-18-27(4,24(30)33)13-12-26(22,3)15-16-28(21,29)5/h8-11,22,31-32H,7,12-18H2,1-6H3,(H2,30,33)/b11-10-,19-8?,21-9+,23-20?/t22-,25-,26-,27-,28-,29+/m1/s1. The van der Waals surface area contributed by atoms with E-state index in [1.807, 2.05) is 13.0 Å². The van der Waals surface area contributed by atoms with Gasteiger partial charge in [-0.15, -0.1) is 0 Å². The second-order valence-corrected chi connectivity index (χ2v) is 12.8. The molecule has 0 bridgehead atoms. The summed E-state index contributed by atoms with van der Waals surface area (Å²) in [4.78, 5) is 12.5. The monoisotopic (exact) mass is 453 g/mol. The van der Waals surface area contributed by atoms with E-state index in [2.05, 4.69) is 46.8 Å². The summed E-state index contributed by atoms with van der Waals surface area (Å²) < 4.78 is 0. The molecular formula is C29H43NO3. The van der Waals surface area contributed by atoms with Gasteiger partial charge in [-0.1, -0.05) is 58.4 Å². The third-order valence-electron chi connectivity index (χ3n) is 10.9. The maximum Gasteiger partial charge on any atom is 0.223 e. The number of fused-ring (bicyclic) bond motifs is 5. The van der Waals surface area contributed by atoms with Crippen LogP contribution in [0.15, 0.2) is 47.0 Å². The van der Waals surface area contributed by atoms with Crippen LogP contribution < -0.4 is 5.73 Å². The third-order valence-corrected chi connectivity index (χ3v) is 10.9. The third kappa shape index (κ3) is 3.42. The number of primary amides is 1. The van der Waals surface area contributed by atoms with Gasteiger partial charge in [0, 0.05) is 10.8 Å². The molecule has 4 heteroatoms. The number of hydrogen-bond acceptors (Lipinski definition) is 3. The van der Waals surface area contributed by atoms with Crippen LogP contribution >= 0.6 is 0 Å². The minimum Gasteiger partial charge on any atom is -0.504 e. The van der Waals surface area contributed by atoms with Crippen molar-refractivity contribution in [3.05, 3.63) is 47.0 Å². The Morgan fingerprint density at radius 3 is 2.30 bits per heavy atom. The second-order valence-electron chi connectivity index (χ2n) is 12.8. The van der Waals surface area contributed by atoms with Gasteiger partial charge in [0.05, 0.1) is 0 Å². The Morgan fingerprint density at radius 2 is 1.64 bits per heavy atom. The number of aliphatic hydroxyl groups excluding tert-OH is 2. The smallest absolute Gasteiger partial charge is 0.223 e. The molecule has 0 aromatic carbocycles. The molecule has 6 atom stereocenters. The first-order valence-electron chi connectivity index (χ1n) is 12.7. The van der Waals surface area contributed by atoms with E-state index in [9.17, 15) is 15.0 Å². The molecule has 4 rings (SSSR count). The van der Waals surface area contributed by atoms with Crippen molar-refractivity contribution in [2.75, 3.05) is 0 Å². The van der Waals surface area contributed by atoms with Crippen LogP contribution in [-0.4, -0.2) is 16.1 Å².